The molecule has 0 unspecified atom stereocenters. The molecule has 5 heteroatoms. The summed E-state index contributed by atoms with van der Waals surface area (Å²) in [6, 6.07) is 0.827. The third-order valence-electron chi connectivity index (χ3n) is 1.49. The van der Waals surface area contributed by atoms with Crippen molar-refractivity contribution < 1.29 is 18.3 Å². The number of ether oxygens (including phenoxy) is 1. The van der Waals surface area contributed by atoms with Crippen molar-refractivity contribution in [3.8, 4) is 5.75 Å². The molecule has 0 atom stereocenters. The average Bonchev–Trinajstić information content (AvgIpc) is 2.04. The highest BCUT2D eigenvalue weighted by Crippen LogP contribution is 2.30. The van der Waals surface area contributed by atoms with Gasteiger partial charge in [-0.3, -0.25) is 4.79 Å². The molecule has 13 heavy (non-hydrogen) atoms. The van der Waals surface area contributed by atoms with E-state index in [0.717, 1.165) is 6.07 Å². The van der Waals surface area contributed by atoms with E-state index in [1.807, 2.05) is 0 Å². The van der Waals surface area contributed by atoms with Crippen molar-refractivity contribution in [2.45, 2.75) is 0 Å². The molecule has 0 heterocycles. The van der Waals surface area contributed by atoms with E-state index in [0.29, 0.717) is 0 Å². The zero-order valence-electron chi connectivity index (χ0n) is 6.61. The minimum atomic E-state index is -1.08. The largest absolute Gasteiger partial charge is 0.492 e. The zero-order chi connectivity index (χ0) is 10.0. The molecule has 0 aromatic heterocycles. The van der Waals surface area contributed by atoms with Crippen molar-refractivity contribution >= 4 is 17.9 Å². The standard InChI is InChI=1S/C8H5ClF2O2/c1-13-8-5(9)2-6(10)4(3-12)7(8)11/h2-3H,1H3. The van der Waals surface area contributed by atoms with Crippen molar-refractivity contribution in [1.82, 2.24) is 0 Å². The number of benzene rings is 1. The fourth-order valence-corrected chi connectivity index (χ4v) is 1.14. The van der Waals surface area contributed by atoms with Gasteiger partial charge in [-0.25, -0.2) is 8.78 Å². The molecular formula is C8H5ClF2O2. The van der Waals surface area contributed by atoms with Crippen LogP contribution in [-0.4, -0.2) is 13.4 Å². The molecule has 0 saturated heterocycles. The number of halogens is 3. The number of carbonyl (C=O) groups excluding carboxylic acids is 1. The lowest BCUT2D eigenvalue weighted by atomic mass is 10.2. The predicted octanol–water partition coefficient (Wildman–Crippen LogP) is 2.44. The van der Waals surface area contributed by atoms with E-state index in [9.17, 15) is 13.6 Å². The highest BCUT2D eigenvalue weighted by atomic mass is 35.5. The summed E-state index contributed by atoms with van der Waals surface area (Å²) in [6.45, 7) is 0. The number of carbonyl (C=O) groups is 1. The number of hydrogen-bond acceptors (Lipinski definition) is 2. The summed E-state index contributed by atoms with van der Waals surface area (Å²) >= 11 is 5.44. The summed E-state index contributed by atoms with van der Waals surface area (Å²) in [4.78, 5) is 10.2. The Hall–Kier alpha value is -1.16. The summed E-state index contributed by atoms with van der Waals surface area (Å²) in [7, 11) is 1.18. The number of hydrogen-bond donors (Lipinski definition) is 0. The van der Waals surface area contributed by atoms with Crippen molar-refractivity contribution in [1.29, 1.82) is 0 Å². The lowest BCUT2D eigenvalue weighted by molar-refractivity contribution is 0.111. The van der Waals surface area contributed by atoms with Gasteiger partial charge >= 0.3 is 0 Å². The van der Waals surface area contributed by atoms with Crippen LogP contribution in [0.25, 0.3) is 0 Å². The first-order chi connectivity index (χ1) is 6.11. The van der Waals surface area contributed by atoms with Gasteiger partial charge in [0.2, 0.25) is 0 Å². The first kappa shape index (κ1) is 9.92. The van der Waals surface area contributed by atoms with E-state index in [1.54, 1.807) is 0 Å². The van der Waals surface area contributed by atoms with Crippen LogP contribution in [0.15, 0.2) is 6.07 Å². The maximum atomic E-state index is 13.1. The third kappa shape index (κ3) is 1.62. The summed E-state index contributed by atoms with van der Waals surface area (Å²) in [6.07, 6.45) is 0.0729. The average molecular weight is 207 g/mol. The Bertz CT molecular complexity index is 352. The fourth-order valence-electron chi connectivity index (χ4n) is 0.882. The second-order valence-corrected chi connectivity index (χ2v) is 2.63. The molecule has 0 aliphatic rings. The molecule has 0 saturated carbocycles. The molecule has 1 aromatic carbocycles. The van der Waals surface area contributed by atoms with Crippen LogP contribution in [0.1, 0.15) is 10.4 Å². The minimum Gasteiger partial charge on any atom is -0.492 e. The summed E-state index contributed by atoms with van der Waals surface area (Å²) in [5, 5.41) is -0.205. The van der Waals surface area contributed by atoms with Crippen LogP contribution in [0.3, 0.4) is 0 Å². The predicted molar refractivity (Wildman–Crippen MR) is 43.3 cm³/mol. The quantitative estimate of drug-likeness (QED) is 0.695. The Labute approximate surface area is 78.1 Å². The second kappa shape index (κ2) is 3.70. The molecule has 0 fully saturated rings. The van der Waals surface area contributed by atoms with E-state index < -0.39 is 17.2 Å². The molecule has 0 aliphatic heterocycles. The highest BCUT2D eigenvalue weighted by molar-refractivity contribution is 6.32. The topological polar surface area (TPSA) is 26.3 Å². The molecule has 1 aromatic rings. The van der Waals surface area contributed by atoms with E-state index in [1.165, 1.54) is 7.11 Å². The van der Waals surface area contributed by atoms with Crippen LogP contribution in [0.5, 0.6) is 5.75 Å². The SMILES string of the molecule is COc1c(Cl)cc(F)c(C=O)c1F. The second-order valence-electron chi connectivity index (χ2n) is 2.22. The number of rotatable bonds is 2. The molecule has 0 aliphatic carbocycles. The van der Waals surface area contributed by atoms with Crippen LogP contribution >= 0.6 is 11.6 Å². The van der Waals surface area contributed by atoms with Gasteiger partial charge in [0.1, 0.15) is 5.82 Å². The van der Waals surface area contributed by atoms with Gasteiger partial charge in [0.25, 0.3) is 0 Å². The number of methoxy groups -OCH3 is 1. The summed E-state index contributed by atoms with van der Waals surface area (Å²) < 4.78 is 30.5. The maximum absolute atomic E-state index is 13.1. The lowest BCUT2D eigenvalue weighted by Gasteiger charge is -2.06. The van der Waals surface area contributed by atoms with E-state index in [4.69, 9.17) is 11.6 Å². The van der Waals surface area contributed by atoms with Crippen molar-refractivity contribution in [3.05, 3.63) is 28.3 Å². The Morgan fingerprint density at radius 1 is 1.54 bits per heavy atom. The van der Waals surface area contributed by atoms with Crippen LogP contribution in [0, 0.1) is 11.6 Å². The molecule has 0 bridgehead atoms. The maximum Gasteiger partial charge on any atom is 0.180 e. The number of aldehydes is 1. The van der Waals surface area contributed by atoms with E-state index >= 15 is 0 Å². The Morgan fingerprint density at radius 2 is 2.15 bits per heavy atom. The minimum absolute atomic E-state index is 0.0729. The molecule has 2 nitrogen and oxygen atoms in total. The molecule has 0 radical (unpaired) electrons. The van der Waals surface area contributed by atoms with E-state index in [-0.39, 0.29) is 17.1 Å². The molecule has 0 N–H and O–H groups in total. The molecule has 70 valence electrons. The lowest BCUT2D eigenvalue weighted by Crippen LogP contribution is -1.98. The smallest absolute Gasteiger partial charge is 0.180 e. The van der Waals surface area contributed by atoms with Crippen molar-refractivity contribution in [2.75, 3.05) is 7.11 Å². The molecular weight excluding hydrogens is 202 g/mol. The van der Waals surface area contributed by atoms with Crippen LogP contribution in [0.2, 0.25) is 5.02 Å². The van der Waals surface area contributed by atoms with Crippen molar-refractivity contribution in [3.63, 3.8) is 0 Å². The van der Waals surface area contributed by atoms with Gasteiger partial charge in [0.15, 0.2) is 17.9 Å². The monoisotopic (exact) mass is 206 g/mol. The normalized spacial score (nSPS) is 9.85. The molecule has 1 rings (SSSR count). The van der Waals surface area contributed by atoms with Gasteiger partial charge in [-0.1, -0.05) is 11.6 Å². The molecule has 0 amide bonds. The fraction of sp³-hybridized carbons (Fsp3) is 0.125. The van der Waals surface area contributed by atoms with Gasteiger partial charge in [0, 0.05) is 0 Å². The Kier molecular flexibility index (Phi) is 2.83. The Morgan fingerprint density at radius 3 is 2.62 bits per heavy atom. The summed E-state index contributed by atoms with van der Waals surface area (Å²) in [5.74, 6) is -2.41. The van der Waals surface area contributed by atoms with Crippen LogP contribution < -0.4 is 4.74 Å². The molecule has 0 spiro atoms. The van der Waals surface area contributed by atoms with Crippen molar-refractivity contribution in [2.24, 2.45) is 0 Å². The third-order valence-corrected chi connectivity index (χ3v) is 1.77. The van der Waals surface area contributed by atoms with Gasteiger partial charge in [-0.2, -0.15) is 0 Å². The summed E-state index contributed by atoms with van der Waals surface area (Å²) in [5.41, 5.74) is -0.679. The van der Waals surface area contributed by atoms with Crippen LogP contribution in [-0.2, 0) is 0 Å². The van der Waals surface area contributed by atoms with Gasteiger partial charge in [-0.15, -0.1) is 0 Å². The van der Waals surface area contributed by atoms with Gasteiger partial charge < -0.3 is 4.74 Å². The first-order valence-electron chi connectivity index (χ1n) is 3.28. The Balaban J connectivity index is 3.47. The highest BCUT2D eigenvalue weighted by Gasteiger charge is 2.17. The van der Waals surface area contributed by atoms with Crippen LogP contribution in [0.4, 0.5) is 8.78 Å². The zero-order valence-corrected chi connectivity index (χ0v) is 7.36. The van der Waals surface area contributed by atoms with Gasteiger partial charge in [0.05, 0.1) is 17.7 Å². The first-order valence-corrected chi connectivity index (χ1v) is 3.66. The van der Waals surface area contributed by atoms with E-state index in [2.05, 4.69) is 4.74 Å². The van der Waals surface area contributed by atoms with Gasteiger partial charge in [-0.05, 0) is 6.07 Å².